The van der Waals surface area contributed by atoms with Crippen LogP contribution in [-0.2, 0) is 13.2 Å². The van der Waals surface area contributed by atoms with Crippen molar-refractivity contribution in [3.63, 3.8) is 0 Å². The monoisotopic (exact) mass is 458 g/mol. The van der Waals surface area contributed by atoms with Gasteiger partial charge in [-0.25, -0.2) is 19.9 Å². The summed E-state index contributed by atoms with van der Waals surface area (Å²) in [5, 5.41) is 17.6. The molecular weight excluding hydrogens is 441 g/mol. The first-order chi connectivity index (χ1) is 15.7. The summed E-state index contributed by atoms with van der Waals surface area (Å²) in [6.07, 6.45) is -2.70. The Morgan fingerprint density at radius 3 is 2.79 bits per heavy atom. The maximum Gasteiger partial charge on any atom is 0.416 e. The minimum atomic E-state index is -4.45. The third kappa shape index (κ3) is 3.81. The summed E-state index contributed by atoms with van der Waals surface area (Å²) in [6.45, 7) is 1.75. The van der Waals surface area contributed by atoms with Gasteiger partial charge < -0.3 is 19.2 Å². The maximum atomic E-state index is 12.9. The zero-order valence-corrected chi connectivity index (χ0v) is 17.3. The molecular formula is C20H17F3N8O2. The molecule has 4 aromatic heterocycles. The van der Waals surface area contributed by atoms with E-state index < -0.39 is 24.0 Å². The van der Waals surface area contributed by atoms with E-state index in [-0.39, 0.29) is 11.3 Å². The lowest BCUT2D eigenvalue weighted by Gasteiger charge is -2.16. The number of H-pyrrole nitrogens is 1. The van der Waals surface area contributed by atoms with E-state index in [0.717, 1.165) is 12.1 Å². The molecule has 5 aromatic rings. The van der Waals surface area contributed by atoms with Crippen LogP contribution in [0.25, 0.3) is 33.7 Å². The lowest BCUT2D eigenvalue weighted by molar-refractivity contribution is -0.137. The molecule has 170 valence electrons. The van der Waals surface area contributed by atoms with E-state index in [9.17, 15) is 18.3 Å². The Balaban J connectivity index is 1.37. The summed E-state index contributed by atoms with van der Waals surface area (Å²) in [5.74, 6) is 0.643. The normalized spacial score (nSPS) is 14.2. The number of nitrogens with zero attached hydrogens (tertiary/aromatic N) is 6. The fourth-order valence-corrected chi connectivity index (χ4v) is 3.47. The Morgan fingerprint density at radius 1 is 1.18 bits per heavy atom. The molecule has 0 aliphatic heterocycles. The van der Waals surface area contributed by atoms with E-state index in [0.29, 0.717) is 33.8 Å². The second-order valence-corrected chi connectivity index (χ2v) is 7.51. The second-order valence-electron chi connectivity index (χ2n) is 7.51. The van der Waals surface area contributed by atoms with Gasteiger partial charge in [0, 0.05) is 13.1 Å². The number of aryl methyl sites for hydroxylation is 1. The molecule has 3 N–H and O–H groups in total. The van der Waals surface area contributed by atoms with Gasteiger partial charge in [0.15, 0.2) is 23.5 Å². The lowest BCUT2D eigenvalue weighted by Crippen LogP contribution is -2.25. The fourth-order valence-electron chi connectivity index (χ4n) is 3.47. The summed E-state index contributed by atoms with van der Waals surface area (Å²) in [4.78, 5) is 19.6. The second kappa shape index (κ2) is 7.64. The Hall–Kier alpha value is -3.84. The van der Waals surface area contributed by atoms with Crippen LogP contribution < -0.4 is 5.32 Å². The molecule has 1 aromatic carbocycles. The molecule has 5 rings (SSSR count). The average molecular weight is 458 g/mol. The van der Waals surface area contributed by atoms with Crippen LogP contribution in [0.5, 0.6) is 0 Å². The van der Waals surface area contributed by atoms with Crippen LogP contribution in [0.4, 0.5) is 13.2 Å². The molecule has 4 heterocycles. The number of hydrogen-bond donors (Lipinski definition) is 3. The predicted octanol–water partition coefficient (Wildman–Crippen LogP) is 3.26. The van der Waals surface area contributed by atoms with Gasteiger partial charge in [-0.05, 0) is 25.1 Å². The summed E-state index contributed by atoms with van der Waals surface area (Å²) >= 11 is 0. The largest absolute Gasteiger partial charge is 0.416 e. The molecule has 0 saturated carbocycles. The van der Waals surface area contributed by atoms with Crippen LogP contribution in [0.2, 0.25) is 0 Å². The van der Waals surface area contributed by atoms with E-state index in [1.807, 2.05) is 0 Å². The highest BCUT2D eigenvalue weighted by molar-refractivity contribution is 5.79. The first kappa shape index (κ1) is 21.0. The molecule has 13 heteroatoms. The standard InChI is InChI=1S/C20H17F3N8O2/c1-9(27-19(32)16-15-18(25-7-24-16)31(2)8-26-15)14-6-13(30-33-14)17-28-11-4-3-10(20(21,22)23)5-12(11)29-17/h3-9,19,27,32H,1-2H3,(H,28,29)/t9-,19?/m1/s1. The number of benzene rings is 1. The number of halogens is 3. The summed E-state index contributed by atoms with van der Waals surface area (Å²) < 4.78 is 45.9. The van der Waals surface area contributed by atoms with Crippen LogP contribution in [0, 0.1) is 0 Å². The molecule has 0 fully saturated rings. The zero-order valence-electron chi connectivity index (χ0n) is 17.3. The van der Waals surface area contributed by atoms with Gasteiger partial charge in [-0.1, -0.05) is 5.16 Å². The third-order valence-corrected chi connectivity index (χ3v) is 5.20. The van der Waals surface area contributed by atoms with Crippen LogP contribution in [0.1, 0.15) is 36.2 Å². The van der Waals surface area contributed by atoms with Crippen molar-refractivity contribution in [3.8, 4) is 11.5 Å². The van der Waals surface area contributed by atoms with E-state index in [1.165, 1.54) is 12.4 Å². The summed E-state index contributed by atoms with van der Waals surface area (Å²) in [5.41, 5.74) is 1.49. The van der Waals surface area contributed by atoms with Crippen molar-refractivity contribution in [1.82, 2.24) is 40.0 Å². The molecule has 0 aliphatic carbocycles. The fraction of sp³-hybridized carbons (Fsp3) is 0.250. The van der Waals surface area contributed by atoms with Crippen molar-refractivity contribution < 1.29 is 22.8 Å². The van der Waals surface area contributed by atoms with Gasteiger partial charge in [-0.3, -0.25) is 5.32 Å². The van der Waals surface area contributed by atoms with Gasteiger partial charge in [0.2, 0.25) is 0 Å². The Kier molecular flexibility index (Phi) is 4.87. The zero-order chi connectivity index (χ0) is 23.3. The first-order valence-electron chi connectivity index (χ1n) is 9.80. The number of imidazole rings is 2. The van der Waals surface area contributed by atoms with Gasteiger partial charge in [0.25, 0.3) is 0 Å². The van der Waals surface area contributed by atoms with Crippen LogP contribution in [-0.4, -0.2) is 39.8 Å². The number of alkyl halides is 3. The molecule has 0 saturated heterocycles. The van der Waals surface area contributed by atoms with E-state index >= 15 is 0 Å². The summed E-state index contributed by atoms with van der Waals surface area (Å²) in [7, 11) is 1.78. The van der Waals surface area contributed by atoms with Crippen molar-refractivity contribution in [3.05, 3.63) is 53.9 Å². The number of fused-ring (bicyclic) bond motifs is 2. The number of nitrogens with one attached hydrogen (secondary N) is 2. The molecule has 0 amide bonds. The lowest BCUT2D eigenvalue weighted by atomic mass is 10.2. The highest BCUT2D eigenvalue weighted by Gasteiger charge is 2.31. The Bertz CT molecular complexity index is 1450. The SMILES string of the molecule is C[C@@H](NC(O)c1ncnc2c1ncn2C)c1cc(-c2nc3ccc(C(F)(F)F)cc3[nH]2)no1. The number of aromatic nitrogens is 7. The highest BCUT2D eigenvalue weighted by Crippen LogP contribution is 2.32. The van der Waals surface area contributed by atoms with Gasteiger partial charge in [0.1, 0.15) is 23.2 Å². The quantitative estimate of drug-likeness (QED) is 0.342. The van der Waals surface area contributed by atoms with E-state index in [2.05, 4.69) is 35.4 Å². The molecule has 0 bridgehead atoms. The van der Waals surface area contributed by atoms with Crippen molar-refractivity contribution in [2.45, 2.75) is 25.4 Å². The van der Waals surface area contributed by atoms with Gasteiger partial charge in [-0.15, -0.1) is 0 Å². The number of aliphatic hydroxyl groups excluding tert-OH is 1. The number of hydrogen-bond acceptors (Lipinski definition) is 8. The smallest absolute Gasteiger partial charge is 0.373 e. The number of rotatable bonds is 5. The third-order valence-electron chi connectivity index (χ3n) is 5.20. The van der Waals surface area contributed by atoms with Gasteiger partial charge in [0.05, 0.1) is 29.0 Å². The van der Waals surface area contributed by atoms with Crippen LogP contribution in [0.15, 0.2) is 41.4 Å². The van der Waals surface area contributed by atoms with Gasteiger partial charge >= 0.3 is 6.18 Å². The Labute approximate surface area is 183 Å². The van der Waals surface area contributed by atoms with Gasteiger partial charge in [-0.2, -0.15) is 13.2 Å². The minimum absolute atomic E-state index is 0.231. The van der Waals surface area contributed by atoms with E-state index in [1.54, 1.807) is 30.9 Å². The van der Waals surface area contributed by atoms with Crippen LogP contribution >= 0.6 is 0 Å². The van der Waals surface area contributed by atoms with E-state index in [4.69, 9.17) is 4.52 Å². The maximum absolute atomic E-state index is 12.9. The summed E-state index contributed by atoms with van der Waals surface area (Å²) in [6, 6.07) is 4.35. The van der Waals surface area contributed by atoms with Crippen molar-refractivity contribution >= 4 is 22.2 Å². The molecule has 33 heavy (non-hydrogen) atoms. The van der Waals surface area contributed by atoms with Crippen LogP contribution in [0.3, 0.4) is 0 Å². The Morgan fingerprint density at radius 2 is 2.00 bits per heavy atom. The molecule has 2 atom stereocenters. The molecule has 0 radical (unpaired) electrons. The molecule has 0 aliphatic rings. The minimum Gasteiger partial charge on any atom is -0.373 e. The number of aliphatic hydroxyl groups is 1. The molecule has 10 nitrogen and oxygen atoms in total. The predicted molar refractivity (Wildman–Crippen MR) is 109 cm³/mol. The topological polar surface area (TPSA) is 131 Å². The average Bonchev–Trinajstić information content (AvgIpc) is 3.50. The molecule has 1 unspecified atom stereocenters. The highest BCUT2D eigenvalue weighted by atomic mass is 19.4. The van der Waals surface area contributed by atoms with Crippen molar-refractivity contribution in [2.24, 2.45) is 7.05 Å². The van der Waals surface area contributed by atoms with Crippen molar-refractivity contribution in [2.75, 3.05) is 0 Å². The first-order valence-corrected chi connectivity index (χ1v) is 9.80. The molecule has 0 spiro atoms. The number of aromatic amines is 1. The van der Waals surface area contributed by atoms with Crippen molar-refractivity contribution in [1.29, 1.82) is 0 Å².